The molecule has 1 rings (SSSR count). The lowest BCUT2D eigenvalue weighted by atomic mass is 9.99. The number of hydrogen-bond donors (Lipinski definition) is 1. The van der Waals surface area contributed by atoms with Gasteiger partial charge in [0.1, 0.15) is 0 Å². The first kappa shape index (κ1) is 13.5. The van der Waals surface area contributed by atoms with E-state index in [1.807, 2.05) is 12.1 Å². The van der Waals surface area contributed by atoms with Crippen molar-refractivity contribution in [3.63, 3.8) is 0 Å². The maximum atomic E-state index is 9.87. The van der Waals surface area contributed by atoms with Crippen LogP contribution in [0.4, 0.5) is 0 Å². The molecule has 0 aliphatic rings. The summed E-state index contributed by atoms with van der Waals surface area (Å²) in [7, 11) is 0. The average molecular weight is 241 g/mol. The van der Waals surface area contributed by atoms with Crippen LogP contribution in [0.5, 0.6) is 0 Å². The summed E-state index contributed by atoms with van der Waals surface area (Å²) in [6.07, 6.45) is 2.33. The van der Waals surface area contributed by atoms with E-state index in [1.54, 1.807) is 0 Å². The molecule has 1 aromatic carbocycles. The maximum Gasteiger partial charge on any atom is 0.0790 e. The number of halogens is 1. The molecular weight excluding hydrogens is 220 g/mol. The lowest BCUT2D eigenvalue weighted by Crippen LogP contribution is -1.99. The Bertz CT molecular complexity index is 292. The summed E-state index contributed by atoms with van der Waals surface area (Å²) in [6, 6.07) is 8.27. The molecule has 0 aliphatic carbocycles. The van der Waals surface area contributed by atoms with Gasteiger partial charge in [0.2, 0.25) is 0 Å². The molecule has 0 bridgehead atoms. The van der Waals surface area contributed by atoms with Gasteiger partial charge in [0.25, 0.3) is 0 Å². The molecule has 0 amide bonds. The van der Waals surface area contributed by atoms with E-state index in [0.717, 1.165) is 24.8 Å². The third-order valence-corrected chi connectivity index (χ3v) is 2.89. The van der Waals surface area contributed by atoms with Gasteiger partial charge in [0, 0.05) is 5.88 Å². The molecule has 0 aromatic heterocycles. The Morgan fingerprint density at radius 3 is 2.31 bits per heavy atom. The average Bonchev–Trinajstić information content (AvgIpc) is 2.26. The fourth-order valence-corrected chi connectivity index (χ4v) is 1.94. The summed E-state index contributed by atoms with van der Waals surface area (Å²) in [4.78, 5) is 0. The second kappa shape index (κ2) is 6.93. The first-order chi connectivity index (χ1) is 7.63. The van der Waals surface area contributed by atoms with Crippen molar-refractivity contribution >= 4 is 11.6 Å². The molecule has 0 fully saturated rings. The van der Waals surface area contributed by atoms with Crippen LogP contribution < -0.4 is 0 Å². The highest BCUT2D eigenvalue weighted by Gasteiger charge is 2.06. The Hall–Kier alpha value is -0.530. The SMILES string of the molecule is CC(C)Cc1ccc(C(O)CCCCl)cc1. The summed E-state index contributed by atoms with van der Waals surface area (Å²) in [5.41, 5.74) is 2.33. The predicted molar refractivity (Wildman–Crippen MR) is 69.9 cm³/mol. The van der Waals surface area contributed by atoms with Crippen LogP contribution in [0.15, 0.2) is 24.3 Å². The molecule has 90 valence electrons. The van der Waals surface area contributed by atoms with E-state index in [4.69, 9.17) is 11.6 Å². The largest absolute Gasteiger partial charge is 0.388 e. The third-order valence-electron chi connectivity index (χ3n) is 2.62. The second-order valence-electron chi connectivity index (χ2n) is 4.69. The van der Waals surface area contributed by atoms with Crippen molar-refractivity contribution in [3.05, 3.63) is 35.4 Å². The molecule has 0 radical (unpaired) electrons. The summed E-state index contributed by atoms with van der Waals surface area (Å²) in [6.45, 7) is 4.42. The van der Waals surface area contributed by atoms with Crippen molar-refractivity contribution in [1.82, 2.24) is 0 Å². The zero-order valence-corrected chi connectivity index (χ0v) is 10.9. The van der Waals surface area contributed by atoms with Gasteiger partial charge < -0.3 is 5.11 Å². The van der Waals surface area contributed by atoms with Gasteiger partial charge in [0.15, 0.2) is 0 Å². The highest BCUT2D eigenvalue weighted by Crippen LogP contribution is 2.19. The van der Waals surface area contributed by atoms with Gasteiger partial charge >= 0.3 is 0 Å². The van der Waals surface area contributed by atoms with Crippen molar-refractivity contribution in [2.45, 2.75) is 39.2 Å². The molecular formula is C14H21ClO. The number of rotatable bonds is 6. The van der Waals surface area contributed by atoms with Crippen LogP contribution >= 0.6 is 11.6 Å². The molecule has 0 spiro atoms. The summed E-state index contributed by atoms with van der Waals surface area (Å²) >= 11 is 5.60. The Morgan fingerprint density at radius 1 is 1.19 bits per heavy atom. The van der Waals surface area contributed by atoms with Crippen LogP contribution in [0.2, 0.25) is 0 Å². The van der Waals surface area contributed by atoms with Gasteiger partial charge in [-0.1, -0.05) is 38.1 Å². The minimum Gasteiger partial charge on any atom is -0.388 e. The van der Waals surface area contributed by atoms with Gasteiger partial charge in [-0.3, -0.25) is 0 Å². The molecule has 0 aliphatic heterocycles. The fraction of sp³-hybridized carbons (Fsp3) is 0.571. The lowest BCUT2D eigenvalue weighted by molar-refractivity contribution is 0.166. The lowest BCUT2D eigenvalue weighted by Gasteiger charge is -2.11. The van der Waals surface area contributed by atoms with Gasteiger partial charge in [-0.25, -0.2) is 0 Å². The van der Waals surface area contributed by atoms with E-state index >= 15 is 0 Å². The minimum absolute atomic E-state index is 0.369. The van der Waals surface area contributed by atoms with Crippen molar-refractivity contribution < 1.29 is 5.11 Å². The minimum atomic E-state index is -0.369. The highest BCUT2D eigenvalue weighted by atomic mass is 35.5. The van der Waals surface area contributed by atoms with E-state index in [1.165, 1.54) is 5.56 Å². The molecule has 0 saturated heterocycles. The van der Waals surface area contributed by atoms with Crippen molar-refractivity contribution in [2.75, 3.05) is 5.88 Å². The number of benzene rings is 1. The van der Waals surface area contributed by atoms with Crippen LogP contribution in [-0.4, -0.2) is 11.0 Å². The summed E-state index contributed by atoms with van der Waals surface area (Å²) < 4.78 is 0. The third kappa shape index (κ3) is 4.54. The molecule has 1 atom stereocenters. The molecule has 0 heterocycles. The van der Waals surface area contributed by atoms with E-state index < -0.39 is 0 Å². The molecule has 0 saturated carbocycles. The standard InChI is InChI=1S/C14H21ClO/c1-11(2)10-12-5-7-13(8-6-12)14(16)4-3-9-15/h5-8,11,14,16H,3-4,9-10H2,1-2H3. The molecule has 1 N–H and O–H groups in total. The smallest absolute Gasteiger partial charge is 0.0790 e. The van der Waals surface area contributed by atoms with E-state index in [0.29, 0.717) is 11.8 Å². The van der Waals surface area contributed by atoms with E-state index in [2.05, 4.69) is 26.0 Å². The monoisotopic (exact) mass is 240 g/mol. The van der Waals surface area contributed by atoms with Crippen molar-refractivity contribution in [2.24, 2.45) is 5.92 Å². The molecule has 1 nitrogen and oxygen atoms in total. The predicted octanol–water partition coefficient (Wildman–Crippen LogP) is 3.94. The molecule has 1 aromatic rings. The van der Waals surface area contributed by atoms with Crippen LogP contribution in [0, 0.1) is 5.92 Å². The van der Waals surface area contributed by atoms with Gasteiger partial charge in [-0.15, -0.1) is 11.6 Å². The Labute approximate surface area is 103 Å². The number of aliphatic hydroxyl groups excluding tert-OH is 1. The molecule has 1 unspecified atom stereocenters. The van der Waals surface area contributed by atoms with Gasteiger partial charge in [-0.2, -0.15) is 0 Å². The maximum absolute atomic E-state index is 9.87. The quantitative estimate of drug-likeness (QED) is 0.747. The number of hydrogen-bond acceptors (Lipinski definition) is 1. The van der Waals surface area contributed by atoms with Crippen LogP contribution in [0.25, 0.3) is 0 Å². The van der Waals surface area contributed by atoms with E-state index in [-0.39, 0.29) is 6.10 Å². The van der Waals surface area contributed by atoms with Crippen LogP contribution in [0.1, 0.15) is 43.9 Å². The van der Waals surface area contributed by atoms with Gasteiger partial charge in [0.05, 0.1) is 6.10 Å². The Balaban J connectivity index is 2.56. The first-order valence-corrected chi connectivity index (χ1v) is 6.49. The van der Waals surface area contributed by atoms with Crippen molar-refractivity contribution in [1.29, 1.82) is 0 Å². The zero-order chi connectivity index (χ0) is 12.0. The Kier molecular flexibility index (Phi) is 5.86. The highest BCUT2D eigenvalue weighted by molar-refractivity contribution is 6.17. The summed E-state index contributed by atoms with van der Waals surface area (Å²) in [5.74, 6) is 1.29. The second-order valence-corrected chi connectivity index (χ2v) is 5.06. The number of alkyl halides is 1. The molecule has 16 heavy (non-hydrogen) atoms. The summed E-state index contributed by atoms with van der Waals surface area (Å²) in [5, 5.41) is 9.87. The normalized spacial score (nSPS) is 13.1. The first-order valence-electron chi connectivity index (χ1n) is 5.96. The van der Waals surface area contributed by atoms with E-state index in [9.17, 15) is 5.11 Å². The Morgan fingerprint density at radius 2 is 1.81 bits per heavy atom. The van der Waals surface area contributed by atoms with Gasteiger partial charge in [-0.05, 0) is 36.3 Å². The fourth-order valence-electron chi connectivity index (χ4n) is 1.78. The van der Waals surface area contributed by atoms with Crippen molar-refractivity contribution in [3.8, 4) is 0 Å². The van der Waals surface area contributed by atoms with Crippen LogP contribution in [0.3, 0.4) is 0 Å². The topological polar surface area (TPSA) is 20.2 Å². The zero-order valence-electron chi connectivity index (χ0n) is 10.1. The molecule has 2 heteroatoms. The number of aliphatic hydroxyl groups is 1. The van der Waals surface area contributed by atoms with Crippen LogP contribution in [-0.2, 0) is 6.42 Å².